The molecule has 1 aliphatic rings. The molecule has 0 spiro atoms. The third kappa shape index (κ3) is 4.16. The van der Waals surface area contributed by atoms with Gasteiger partial charge in [-0.25, -0.2) is 9.97 Å². The minimum Gasteiger partial charge on any atom is -0.474 e. The highest BCUT2D eigenvalue weighted by Gasteiger charge is 2.22. The monoisotopic (exact) mass is 318 g/mol. The van der Waals surface area contributed by atoms with Gasteiger partial charge in [-0.3, -0.25) is 4.90 Å². The summed E-state index contributed by atoms with van der Waals surface area (Å²) < 4.78 is 11.2. The minimum atomic E-state index is 0.148. The summed E-state index contributed by atoms with van der Waals surface area (Å²) in [6.07, 6.45) is 3.42. The molecule has 0 unspecified atom stereocenters. The van der Waals surface area contributed by atoms with Crippen molar-refractivity contribution in [1.82, 2.24) is 25.0 Å². The van der Waals surface area contributed by atoms with Gasteiger partial charge in [0.05, 0.1) is 6.54 Å². The maximum absolute atomic E-state index is 5.86. The maximum Gasteiger partial charge on any atom is 0.240 e. The number of nitrogens with zero attached hydrogens (tertiary/aromatic N) is 5. The Labute approximate surface area is 135 Å². The number of ether oxygens (including phenoxy) is 1. The van der Waals surface area contributed by atoms with Gasteiger partial charge in [0.2, 0.25) is 11.8 Å². The lowest BCUT2D eigenvalue weighted by Crippen LogP contribution is -2.38. The summed E-state index contributed by atoms with van der Waals surface area (Å²) in [5, 5.41) is 4.00. The van der Waals surface area contributed by atoms with Crippen LogP contribution in [0.5, 0.6) is 5.88 Å². The highest BCUT2D eigenvalue weighted by atomic mass is 16.5. The van der Waals surface area contributed by atoms with Gasteiger partial charge in [-0.1, -0.05) is 19.0 Å². The van der Waals surface area contributed by atoms with Crippen LogP contribution in [0.25, 0.3) is 0 Å². The van der Waals surface area contributed by atoms with E-state index < -0.39 is 0 Å². The van der Waals surface area contributed by atoms with Crippen LogP contribution in [0.2, 0.25) is 0 Å². The molecule has 124 valence electrons. The lowest BCUT2D eigenvalue weighted by molar-refractivity contribution is 0.0871. The highest BCUT2D eigenvalue weighted by Crippen LogP contribution is 2.19. The van der Waals surface area contributed by atoms with Crippen LogP contribution in [0.3, 0.4) is 0 Å². The van der Waals surface area contributed by atoms with Gasteiger partial charge in [-0.15, -0.1) is 0 Å². The Morgan fingerprint density at radius 2 is 2.13 bits per heavy atom. The molecule has 0 bridgehead atoms. The van der Waals surface area contributed by atoms with Crippen LogP contribution in [-0.4, -0.2) is 44.2 Å². The lowest BCUT2D eigenvalue weighted by Gasteiger charge is -2.30. The molecule has 0 atom stereocenters. The molecule has 2 aromatic heterocycles. The van der Waals surface area contributed by atoms with E-state index >= 15 is 0 Å². The van der Waals surface area contributed by atoms with E-state index in [0.29, 0.717) is 24.1 Å². The molecule has 1 saturated heterocycles. The fraction of sp³-hybridized carbons (Fsp3) is 0.600. The molecule has 0 aliphatic carbocycles. The number of likely N-dealkylation sites (tertiary alicyclic amines) is 1. The summed E-state index contributed by atoms with van der Waals surface area (Å²) in [7, 11) is 0. The molecule has 0 aromatic carbocycles. The Morgan fingerprint density at radius 3 is 2.78 bits per heavy atom. The lowest BCUT2D eigenvalue weighted by atomic mass is 10.1. The molecule has 0 amide bonds. The van der Waals surface area contributed by atoms with Crippen molar-refractivity contribution in [3.05, 3.63) is 24.1 Å². The van der Waals surface area contributed by atoms with Crippen molar-refractivity contribution in [1.29, 1.82) is 0 Å². The maximum atomic E-state index is 5.86. The molecule has 3 rings (SSSR count). The van der Waals surface area contributed by atoms with Crippen molar-refractivity contribution < 1.29 is 9.26 Å². The first-order valence-electron chi connectivity index (χ1n) is 7.89. The van der Waals surface area contributed by atoms with Crippen molar-refractivity contribution in [2.24, 2.45) is 0 Å². The van der Waals surface area contributed by atoms with Crippen LogP contribution < -0.4 is 10.5 Å². The quantitative estimate of drug-likeness (QED) is 0.886. The van der Waals surface area contributed by atoms with Crippen molar-refractivity contribution >= 4 is 5.82 Å². The van der Waals surface area contributed by atoms with Crippen LogP contribution in [0.4, 0.5) is 5.82 Å². The highest BCUT2D eigenvalue weighted by molar-refractivity contribution is 5.30. The Kier molecular flexibility index (Phi) is 4.71. The molecule has 8 heteroatoms. The van der Waals surface area contributed by atoms with Gasteiger partial charge in [-0.2, -0.15) is 4.98 Å². The number of piperidine rings is 1. The van der Waals surface area contributed by atoms with Crippen LogP contribution in [-0.2, 0) is 6.54 Å². The fourth-order valence-electron chi connectivity index (χ4n) is 2.53. The standard InChI is InChI=1S/C15H22N6O2/c1-10(2)15-19-14(23-20-15)8-21-5-3-11(4-6-21)22-13-7-12(16)17-9-18-13/h7,9-11H,3-6,8H2,1-2H3,(H2,16,17,18). The second-order valence-corrected chi connectivity index (χ2v) is 6.08. The number of nitrogen functional groups attached to an aromatic ring is 1. The van der Waals surface area contributed by atoms with Crippen molar-refractivity contribution in [3.8, 4) is 5.88 Å². The first kappa shape index (κ1) is 15.7. The number of nitrogens with two attached hydrogens (primary N) is 1. The number of hydrogen-bond donors (Lipinski definition) is 1. The predicted molar refractivity (Wildman–Crippen MR) is 83.8 cm³/mol. The molecule has 0 radical (unpaired) electrons. The summed E-state index contributed by atoms with van der Waals surface area (Å²) >= 11 is 0. The smallest absolute Gasteiger partial charge is 0.240 e. The molecular formula is C15H22N6O2. The van der Waals surface area contributed by atoms with E-state index in [1.807, 2.05) is 0 Å². The first-order valence-corrected chi connectivity index (χ1v) is 7.89. The number of anilines is 1. The number of rotatable bonds is 5. The first-order chi connectivity index (χ1) is 11.1. The SMILES string of the molecule is CC(C)c1noc(CN2CCC(Oc3cc(N)ncn3)CC2)n1. The molecule has 0 saturated carbocycles. The molecule has 8 nitrogen and oxygen atoms in total. The second-order valence-electron chi connectivity index (χ2n) is 6.08. The zero-order chi connectivity index (χ0) is 16.2. The van der Waals surface area contributed by atoms with Gasteiger partial charge in [0.15, 0.2) is 5.82 Å². The summed E-state index contributed by atoms with van der Waals surface area (Å²) in [5.74, 6) is 2.68. The Morgan fingerprint density at radius 1 is 1.35 bits per heavy atom. The summed E-state index contributed by atoms with van der Waals surface area (Å²) in [6, 6.07) is 1.65. The molecule has 1 fully saturated rings. The van der Waals surface area contributed by atoms with E-state index in [0.717, 1.165) is 31.8 Å². The van der Waals surface area contributed by atoms with E-state index in [4.69, 9.17) is 15.0 Å². The molecule has 3 heterocycles. The molecule has 23 heavy (non-hydrogen) atoms. The van der Waals surface area contributed by atoms with Gasteiger partial charge in [0.25, 0.3) is 0 Å². The van der Waals surface area contributed by atoms with Crippen molar-refractivity contribution in [3.63, 3.8) is 0 Å². The van der Waals surface area contributed by atoms with Crippen LogP contribution in [0.1, 0.15) is 44.3 Å². The Bertz CT molecular complexity index is 636. The third-order valence-corrected chi connectivity index (χ3v) is 3.84. The van der Waals surface area contributed by atoms with E-state index in [1.54, 1.807) is 6.07 Å². The zero-order valence-corrected chi connectivity index (χ0v) is 13.5. The van der Waals surface area contributed by atoms with Crippen molar-refractivity contribution in [2.45, 2.75) is 45.3 Å². The van der Waals surface area contributed by atoms with E-state index in [9.17, 15) is 0 Å². The molecule has 2 N–H and O–H groups in total. The molecule has 1 aliphatic heterocycles. The predicted octanol–water partition coefficient (Wildman–Crippen LogP) is 1.61. The Balaban J connectivity index is 1.48. The molecule has 2 aromatic rings. The largest absolute Gasteiger partial charge is 0.474 e. The molecular weight excluding hydrogens is 296 g/mol. The van der Waals surface area contributed by atoms with Crippen molar-refractivity contribution in [2.75, 3.05) is 18.8 Å². The van der Waals surface area contributed by atoms with Gasteiger partial charge in [0, 0.05) is 25.1 Å². The fourth-order valence-corrected chi connectivity index (χ4v) is 2.53. The number of hydrogen-bond acceptors (Lipinski definition) is 8. The zero-order valence-electron chi connectivity index (χ0n) is 13.5. The van der Waals surface area contributed by atoms with Gasteiger partial charge in [0.1, 0.15) is 18.2 Å². The Hall–Kier alpha value is -2.22. The topological polar surface area (TPSA) is 103 Å². The van der Waals surface area contributed by atoms with E-state index in [2.05, 4.69) is 38.9 Å². The summed E-state index contributed by atoms with van der Waals surface area (Å²) in [5.41, 5.74) is 5.63. The summed E-state index contributed by atoms with van der Waals surface area (Å²) in [6.45, 7) is 6.64. The van der Waals surface area contributed by atoms with Gasteiger partial charge < -0.3 is 15.0 Å². The number of aromatic nitrogens is 4. The average Bonchev–Trinajstić information content (AvgIpc) is 2.98. The van der Waals surface area contributed by atoms with Gasteiger partial charge >= 0.3 is 0 Å². The summed E-state index contributed by atoms with van der Waals surface area (Å²) in [4.78, 5) is 14.7. The van der Waals surface area contributed by atoms with Gasteiger partial charge in [-0.05, 0) is 12.8 Å². The van der Waals surface area contributed by atoms with Crippen LogP contribution in [0.15, 0.2) is 16.9 Å². The average molecular weight is 318 g/mol. The van der Waals surface area contributed by atoms with E-state index in [1.165, 1.54) is 6.33 Å². The van der Waals surface area contributed by atoms with Crippen LogP contribution in [0, 0.1) is 0 Å². The second kappa shape index (κ2) is 6.91. The third-order valence-electron chi connectivity index (χ3n) is 3.84. The normalized spacial score (nSPS) is 16.8. The van der Waals surface area contributed by atoms with Crippen LogP contribution >= 0.6 is 0 Å². The van der Waals surface area contributed by atoms with E-state index in [-0.39, 0.29) is 12.0 Å². The minimum absolute atomic E-state index is 0.148.